The highest BCUT2D eigenvalue weighted by Crippen LogP contribution is 2.06. The first-order valence-electron chi connectivity index (χ1n) is 2.59. The second-order valence-electron chi connectivity index (χ2n) is 2.16. The van der Waals surface area contributed by atoms with Crippen molar-refractivity contribution in [2.75, 3.05) is 5.33 Å². The number of hydrogen-bond acceptors (Lipinski definition) is 2. The molecule has 0 aliphatic heterocycles. The van der Waals surface area contributed by atoms with Gasteiger partial charge in [0.2, 0.25) is 0 Å². The first kappa shape index (κ1) is 13.0. The third kappa shape index (κ3) is 4.24. The quantitative estimate of drug-likeness (QED) is 0.760. The van der Waals surface area contributed by atoms with Gasteiger partial charge in [0.15, 0.2) is 0 Å². The molecule has 0 rings (SSSR count). The van der Waals surface area contributed by atoms with E-state index in [2.05, 4.69) is 15.9 Å². The topological polar surface area (TPSA) is 63.3 Å². The minimum atomic E-state index is -1.08. The van der Waals surface area contributed by atoms with Crippen molar-refractivity contribution >= 4 is 38.9 Å². The second kappa shape index (κ2) is 5.09. The zero-order valence-electron chi connectivity index (χ0n) is 5.63. The molecule has 0 aromatic heterocycles. The minimum Gasteiger partial charge on any atom is -0.480 e. The normalized spacial score (nSPS) is 15.1. The molecule has 0 aliphatic carbocycles. The van der Waals surface area contributed by atoms with Crippen LogP contribution in [0.15, 0.2) is 0 Å². The maximum Gasteiger partial charge on any atom is 0.323 e. The summed E-state index contributed by atoms with van der Waals surface area (Å²) in [6.07, 6.45) is 0.447. The first-order valence-corrected chi connectivity index (χ1v) is 3.71. The molecule has 0 saturated carbocycles. The highest BCUT2D eigenvalue weighted by Gasteiger charge is 2.26. The van der Waals surface area contributed by atoms with E-state index in [1.54, 1.807) is 0 Å². The Kier molecular flexibility index (Phi) is 6.63. The molecule has 0 radical (unpaired) electrons. The molecule has 0 spiro atoms. The van der Waals surface area contributed by atoms with Crippen molar-refractivity contribution in [2.24, 2.45) is 5.73 Å². The van der Waals surface area contributed by atoms with Crippen molar-refractivity contribution in [2.45, 2.75) is 18.9 Å². The molecule has 0 unspecified atom stereocenters. The van der Waals surface area contributed by atoms with Crippen LogP contribution >= 0.6 is 32.9 Å². The van der Waals surface area contributed by atoms with Crippen LogP contribution in [-0.2, 0) is 4.79 Å². The number of halogens is 2. The summed E-state index contributed by atoms with van der Waals surface area (Å²) < 4.78 is 0. The molecule has 0 fully saturated rings. The molecule has 0 heterocycles. The fourth-order valence-electron chi connectivity index (χ4n) is 0.303. The van der Waals surface area contributed by atoms with E-state index in [0.29, 0.717) is 11.8 Å². The fraction of sp³-hybridized carbons (Fsp3) is 0.800. The average Bonchev–Trinajstić information content (AvgIpc) is 1.65. The zero-order chi connectivity index (χ0) is 7.49. The molecule has 0 saturated heterocycles. The Bertz CT molecular complexity index is 116. The number of carboxylic acid groups (broad SMARTS) is 1. The lowest BCUT2D eigenvalue weighted by molar-refractivity contribution is -0.142. The Morgan fingerprint density at radius 2 is 2.20 bits per heavy atom. The van der Waals surface area contributed by atoms with Gasteiger partial charge in [0, 0.05) is 5.33 Å². The summed E-state index contributed by atoms with van der Waals surface area (Å²) in [5, 5.41) is 9.04. The molecule has 0 aliphatic rings. The van der Waals surface area contributed by atoms with Crippen LogP contribution in [0.5, 0.6) is 0 Å². The Hall–Kier alpha value is 0.390. The van der Waals surface area contributed by atoms with E-state index in [4.69, 9.17) is 10.8 Å². The van der Waals surface area contributed by atoms with E-state index in [9.17, 15) is 4.79 Å². The summed E-state index contributed by atoms with van der Waals surface area (Å²) in [6, 6.07) is 0. The highest BCUT2D eigenvalue weighted by atomic mass is 79.9. The van der Waals surface area contributed by atoms with Gasteiger partial charge in [-0.3, -0.25) is 4.79 Å². The third-order valence-corrected chi connectivity index (χ3v) is 1.50. The van der Waals surface area contributed by atoms with Crippen molar-refractivity contribution in [1.29, 1.82) is 0 Å². The molecule has 0 aromatic carbocycles. The molecule has 62 valence electrons. The number of alkyl halides is 1. The summed E-state index contributed by atoms with van der Waals surface area (Å²) >= 11 is 3.11. The fourth-order valence-corrected chi connectivity index (χ4v) is 1.13. The predicted octanol–water partition coefficient (Wildman–Crippen LogP) is 1.15. The average molecular weight is 277 g/mol. The zero-order valence-corrected chi connectivity index (χ0v) is 8.93. The van der Waals surface area contributed by atoms with Gasteiger partial charge in [-0.05, 0) is 13.3 Å². The molecular formula is C5H11Br2NO2. The maximum atomic E-state index is 10.3. The molecule has 3 N–H and O–H groups in total. The number of rotatable bonds is 3. The summed E-state index contributed by atoms with van der Waals surface area (Å²) in [4.78, 5) is 10.3. The summed E-state index contributed by atoms with van der Waals surface area (Å²) in [7, 11) is 0. The molecular weight excluding hydrogens is 266 g/mol. The number of carbonyl (C=O) groups is 1. The van der Waals surface area contributed by atoms with Crippen LogP contribution in [0.25, 0.3) is 0 Å². The summed E-state index contributed by atoms with van der Waals surface area (Å²) in [6.45, 7) is 1.50. The Morgan fingerprint density at radius 3 is 2.30 bits per heavy atom. The molecule has 0 bridgehead atoms. The van der Waals surface area contributed by atoms with Crippen LogP contribution in [-0.4, -0.2) is 21.9 Å². The predicted molar refractivity (Wildman–Crippen MR) is 49.0 cm³/mol. The lowest BCUT2D eigenvalue weighted by atomic mass is 10.0. The first-order chi connectivity index (χ1) is 4.00. The van der Waals surface area contributed by atoms with Crippen molar-refractivity contribution in [1.82, 2.24) is 0 Å². The van der Waals surface area contributed by atoms with Crippen molar-refractivity contribution in [3.63, 3.8) is 0 Å². The Morgan fingerprint density at radius 1 is 1.80 bits per heavy atom. The van der Waals surface area contributed by atoms with E-state index in [1.807, 2.05) is 0 Å². The van der Waals surface area contributed by atoms with E-state index in [0.717, 1.165) is 0 Å². The Balaban J connectivity index is 0. The number of aliphatic carboxylic acids is 1. The standard InChI is InChI=1S/C5H10BrNO2.BrH/c1-5(7,2-3-6)4(8)9;/h2-3,7H2,1H3,(H,8,9);1H/t5-;/m0./s1. The molecule has 0 aromatic rings. The lowest BCUT2D eigenvalue weighted by Crippen LogP contribution is -2.45. The maximum absolute atomic E-state index is 10.3. The minimum absolute atomic E-state index is 0. The van der Waals surface area contributed by atoms with Crippen molar-refractivity contribution < 1.29 is 9.90 Å². The van der Waals surface area contributed by atoms with Gasteiger partial charge in [-0.25, -0.2) is 0 Å². The molecule has 3 nitrogen and oxygen atoms in total. The molecule has 0 amide bonds. The van der Waals surface area contributed by atoms with Gasteiger partial charge in [0.05, 0.1) is 0 Å². The van der Waals surface area contributed by atoms with Crippen molar-refractivity contribution in [3.05, 3.63) is 0 Å². The van der Waals surface area contributed by atoms with Crippen LogP contribution < -0.4 is 5.73 Å². The van der Waals surface area contributed by atoms with Crippen LogP contribution in [0.3, 0.4) is 0 Å². The SMILES string of the molecule is Br.C[C@](N)(CCBr)C(=O)O. The summed E-state index contributed by atoms with van der Waals surface area (Å²) in [5.41, 5.74) is 4.26. The van der Waals surface area contributed by atoms with Gasteiger partial charge < -0.3 is 10.8 Å². The Labute approximate surface area is 78.9 Å². The molecule has 1 atom stereocenters. The number of nitrogens with two attached hydrogens (primary N) is 1. The van der Waals surface area contributed by atoms with Gasteiger partial charge in [0.1, 0.15) is 5.54 Å². The monoisotopic (exact) mass is 275 g/mol. The van der Waals surface area contributed by atoms with Crippen LogP contribution in [0.2, 0.25) is 0 Å². The van der Waals surface area contributed by atoms with E-state index in [-0.39, 0.29) is 17.0 Å². The molecule has 10 heavy (non-hydrogen) atoms. The smallest absolute Gasteiger partial charge is 0.323 e. The van der Waals surface area contributed by atoms with E-state index < -0.39 is 11.5 Å². The highest BCUT2D eigenvalue weighted by molar-refractivity contribution is 9.09. The number of carboxylic acids is 1. The second-order valence-corrected chi connectivity index (χ2v) is 2.95. The number of hydrogen-bond donors (Lipinski definition) is 2. The largest absolute Gasteiger partial charge is 0.480 e. The summed E-state index contributed by atoms with van der Waals surface area (Å²) in [5.74, 6) is -0.957. The van der Waals surface area contributed by atoms with Gasteiger partial charge in [-0.2, -0.15) is 0 Å². The van der Waals surface area contributed by atoms with E-state index in [1.165, 1.54) is 6.92 Å². The third-order valence-electron chi connectivity index (χ3n) is 1.10. The lowest BCUT2D eigenvalue weighted by Gasteiger charge is -2.16. The molecule has 5 heteroatoms. The van der Waals surface area contributed by atoms with Crippen molar-refractivity contribution in [3.8, 4) is 0 Å². The van der Waals surface area contributed by atoms with Crippen LogP contribution in [0.1, 0.15) is 13.3 Å². The van der Waals surface area contributed by atoms with Gasteiger partial charge in [0.25, 0.3) is 0 Å². The van der Waals surface area contributed by atoms with Crippen LogP contribution in [0, 0.1) is 0 Å². The van der Waals surface area contributed by atoms with E-state index >= 15 is 0 Å². The van der Waals surface area contributed by atoms with Gasteiger partial charge in [-0.15, -0.1) is 17.0 Å². The van der Waals surface area contributed by atoms with Gasteiger partial charge >= 0.3 is 5.97 Å². The van der Waals surface area contributed by atoms with Gasteiger partial charge in [-0.1, -0.05) is 15.9 Å². The van der Waals surface area contributed by atoms with Crippen LogP contribution in [0.4, 0.5) is 0 Å².